The van der Waals surface area contributed by atoms with Crippen LogP contribution in [-0.2, 0) is 9.59 Å². The number of aromatic nitrogens is 2. The van der Waals surface area contributed by atoms with Crippen LogP contribution in [0.4, 0.5) is 11.5 Å². The molecule has 7 heteroatoms. The fourth-order valence-corrected chi connectivity index (χ4v) is 3.72. The maximum Gasteiger partial charge on any atom is 0.251 e. The highest BCUT2D eigenvalue weighted by atomic mass is 35.5. The number of carbonyl (C=O) groups excluding carboxylic acids is 2. The Morgan fingerprint density at radius 1 is 1.17 bits per heavy atom. The maximum atomic E-state index is 12.6. The zero-order chi connectivity index (χ0) is 20.7. The molecule has 1 aromatic heterocycles. The number of anilines is 2. The van der Waals surface area contributed by atoms with Gasteiger partial charge in [-0.3, -0.25) is 9.59 Å². The lowest BCUT2D eigenvalue weighted by molar-refractivity contribution is -0.123. The normalized spacial score (nSPS) is 15.2. The molecule has 1 aliphatic rings. The van der Waals surface area contributed by atoms with Crippen molar-refractivity contribution in [3.05, 3.63) is 64.3 Å². The van der Waals surface area contributed by atoms with E-state index in [0.29, 0.717) is 10.8 Å². The van der Waals surface area contributed by atoms with Crippen LogP contribution in [0.25, 0.3) is 11.1 Å². The molecule has 0 bridgehead atoms. The van der Waals surface area contributed by atoms with Crippen molar-refractivity contribution in [2.24, 2.45) is 0 Å². The molecule has 2 aromatic carbocycles. The van der Waals surface area contributed by atoms with Gasteiger partial charge in [-0.25, -0.2) is 4.68 Å². The van der Waals surface area contributed by atoms with E-state index in [1.54, 1.807) is 16.8 Å². The van der Waals surface area contributed by atoms with Gasteiger partial charge in [0, 0.05) is 16.3 Å². The number of amides is 2. The van der Waals surface area contributed by atoms with Crippen molar-refractivity contribution in [3.8, 4) is 11.1 Å². The zero-order valence-corrected chi connectivity index (χ0v) is 17.2. The number of carbonyl (C=O) groups is 2. The predicted molar refractivity (Wildman–Crippen MR) is 114 cm³/mol. The van der Waals surface area contributed by atoms with Crippen LogP contribution in [-0.4, -0.2) is 21.6 Å². The molecule has 0 spiro atoms. The van der Waals surface area contributed by atoms with E-state index in [-0.39, 0.29) is 18.2 Å². The molecule has 0 radical (unpaired) electrons. The van der Waals surface area contributed by atoms with Gasteiger partial charge in [0.25, 0.3) is 5.91 Å². The minimum absolute atomic E-state index is 0.00733. The van der Waals surface area contributed by atoms with E-state index in [9.17, 15) is 9.59 Å². The first-order valence-corrected chi connectivity index (χ1v) is 9.74. The van der Waals surface area contributed by atoms with Crippen LogP contribution in [0.2, 0.25) is 5.02 Å². The molecule has 0 aliphatic carbocycles. The fraction of sp³-hybridized carbons (Fsp3) is 0.227. The first-order valence-electron chi connectivity index (χ1n) is 9.36. The number of nitrogens with one attached hydrogen (secondary N) is 2. The number of rotatable bonds is 4. The van der Waals surface area contributed by atoms with Crippen molar-refractivity contribution in [2.75, 3.05) is 10.6 Å². The minimum atomic E-state index is -0.685. The Morgan fingerprint density at radius 3 is 2.62 bits per heavy atom. The summed E-state index contributed by atoms with van der Waals surface area (Å²) in [5, 5.41) is 11.0. The molecule has 0 fully saturated rings. The Labute approximate surface area is 173 Å². The molecule has 29 heavy (non-hydrogen) atoms. The number of fused-ring (bicyclic) bond motifs is 1. The lowest BCUT2D eigenvalue weighted by atomic mass is 10.1. The van der Waals surface area contributed by atoms with Gasteiger partial charge in [0.05, 0.1) is 12.1 Å². The summed E-state index contributed by atoms with van der Waals surface area (Å²) < 4.78 is 1.62. The van der Waals surface area contributed by atoms with Crippen molar-refractivity contribution in [2.45, 2.75) is 33.2 Å². The highest BCUT2D eigenvalue weighted by Gasteiger charge is 2.36. The fourth-order valence-electron chi connectivity index (χ4n) is 3.59. The third kappa shape index (κ3) is 3.63. The van der Waals surface area contributed by atoms with E-state index < -0.39 is 6.04 Å². The van der Waals surface area contributed by atoms with E-state index in [4.69, 9.17) is 11.6 Å². The number of halogens is 1. The molecule has 148 valence electrons. The van der Waals surface area contributed by atoms with Gasteiger partial charge in [0.1, 0.15) is 11.9 Å². The van der Waals surface area contributed by atoms with E-state index in [1.165, 1.54) is 0 Å². The Morgan fingerprint density at radius 2 is 1.90 bits per heavy atom. The summed E-state index contributed by atoms with van der Waals surface area (Å²) in [6.45, 7) is 5.79. The molecule has 1 unspecified atom stereocenters. The SMILES string of the molecule is Cc1ccc(C)c(NC(=O)CC2C(=O)Nc3c(-c4ccc(Cl)cc4)c(C)nn32)c1. The van der Waals surface area contributed by atoms with Crippen molar-refractivity contribution in [3.63, 3.8) is 0 Å². The molecule has 4 rings (SSSR count). The predicted octanol–water partition coefficient (Wildman–Crippen LogP) is 4.65. The van der Waals surface area contributed by atoms with Crippen LogP contribution in [0, 0.1) is 20.8 Å². The lowest BCUT2D eigenvalue weighted by Gasteiger charge is -2.12. The molecule has 2 amide bonds. The summed E-state index contributed by atoms with van der Waals surface area (Å²) in [7, 11) is 0. The summed E-state index contributed by atoms with van der Waals surface area (Å²) in [6.07, 6.45) is 0.00733. The molecule has 0 saturated carbocycles. The molecule has 2 heterocycles. The minimum Gasteiger partial charge on any atom is -0.326 e. The molecule has 0 saturated heterocycles. The van der Waals surface area contributed by atoms with E-state index in [0.717, 1.165) is 33.6 Å². The first kappa shape index (κ1) is 19.2. The van der Waals surface area contributed by atoms with Crippen LogP contribution in [0.1, 0.15) is 29.3 Å². The van der Waals surface area contributed by atoms with Crippen LogP contribution in [0.15, 0.2) is 42.5 Å². The van der Waals surface area contributed by atoms with Crippen molar-refractivity contribution >= 4 is 34.9 Å². The first-order chi connectivity index (χ1) is 13.8. The zero-order valence-electron chi connectivity index (χ0n) is 16.4. The third-order valence-electron chi connectivity index (χ3n) is 5.10. The smallest absolute Gasteiger partial charge is 0.251 e. The van der Waals surface area contributed by atoms with Gasteiger partial charge in [0.15, 0.2) is 0 Å². The summed E-state index contributed by atoms with van der Waals surface area (Å²) in [5.74, 6) is 0.145. The number of aryl methyl sites for hydroxylation is 3. The van der Waals surface area contributed by atoms with E-state index >= 15 is 0 Å². The molecule has 3 aromatic rings. The maximum absolute atomic E-state index is 12.6. The van der Waals surface area contributed by atoms with Crippen LogP contribution in [0.3, 0.4) is 0 Å². The number of nitrogens with zero attached hydrogens (tertiary/aromatic N) is 2. The Balaban J connectivity index is 1.59. The van der Waals surface area contributed by atoms with Gasteiger partial charge in [-0.15, -0.1) is 0 Å². The largest absolute Gasteiger partial charge is 0.326 e. The third-order valence-corrected chi connectivity index (χ3v) is 5.36. The number of hydrogen-bond donors (Lipinski definition) is 2. The molecular formula is C22H21ClN4O2. The molecule has 1 atom stereocenters. The van der Waals surface area contributed by atoms with Crippen molar-refractivity contribution in [1.82, 2.24) is 9.78 Å². The highest BCUT2D eigenvalue weighted by Crippen LogP contribution is 2.38. The van der Waals surface area contributed by atoms with Gasteiger partial charge in [0.2, 0.25) is 5.91 Å². The Hall–Kier alpha value is -3.12. The summed E-state index contributed by atoms with van der Waals surface area (Å²) in [5.41, 5.74) is 5.32. The second-order valence-electron chi connectivity index (χ2n) is 7.34. The van der Waals surface area contributed by atoms with Crippen LogP contribution >= 0.6 is 11.6 Å². The quantitative estimate of drug-likeness (QED) is 0.659. The lowest BCUT2D eigenvalue weighted by Crippen LogP contribution is -2.24. The average molecular weight is 409 g/mol. The van der Waals surface area contributed by atoms with Gasteiger partial charge in [-0.1, -0.05) is 35.9 Å². The van der Waals surface area contributed by atoms with E-state index in [1.807, 2.05) is 51.1 Å². The summed E-state index contributed by atoms with van der Waals surface area (Å²) >= 11 is 5.99. The molecule has 1 aliphatic heterocycles. The molecular weight excluding hydrogens is 388 g/mol. The molecule has 6 nitrogen and oxygen atoms in total. The van der Waals surface area contributed by atoms with Crippen molar-refractivity contribution < 1.29 is 9.59 Å². The van der Waals surface area contributed by atoms with Crippen LogP contribution < -0.4 is 10.6 Å². The second-order valence-corrected chi connectivity index (χ2v) is 7.77. The van der Waals surface area contributed by atoms with Gasteiger partial charge >= 0.3 is 0 Å². The summed E-state index contributed by atoms with van der Waals surface area (Å²) in [6, 6.07) is 12.6. The van der Waals surface area contributed by atoms with Crippen molar-refractivity contribution in [1.29, 1.82) is 0 Å². The Bertz CT molecular complexity index is 1120. The number of benzene rings is 2. The van der Waals surface area contributed by atoms with Gasteiger partial charge < -0.3 is 10.6 Å². The standard InChI is InChI=1S/C22H21ClN4O2/c1-12-4-5-13(2)17(10-12)24-19(28)11-18-22(29)25-21-20(14(3)26-27(18)21)15-6-8-16(23)9-7-15/h4-10,18H,11H2,1-3H3,(H,24,28)(H,25,29). The average Bonchev–Trinajstić information content (AvgIpc) is 3.13. The second kappa shape index (κ2) is 7.37. The molecule has 2 N–H and O–H groups in total. The summed E-state index contributed by atoms with van der Waals surface area (Å²) in [4.78, 5) is 25.2. The van der Waals surface area contributed by atoms with Crippen LogP contribution in [0.5, 0.6) is 0 Å². The highest BCUT2D eigenvalue weighted by molar-refractivity contribution is 6.30. The van der Waals surface area contributed by atoms with Gasteiger partial charge in [-0.05, 0) is 55.7 Å². The van der Waals surface area contributed by atoms with Gasteiger partial charge in [-0.2, -0.15) is 5.10 Å². The monoisotopic (exact) mass is 408 g/mol. The topological polar surface area (TPSA) is 76.0 Å². The Kier molecular flexibility index (Phi) is 4.88. The van der Waals surface area contributed by atoms with E-state index in [2.05, 4.69) is 15.7 Å². The number of hydrogen-bond acceptors (Lipinski definition) is 3.